The number of phenols is 1. The van der Waals surface area contributed by atoms with E-state index in [4.69, 9.17) is 22.1 Å². The molecule has 2 aromatic rings. The Kier molecular flexibility index (Phi) is 4.55. The predicted octanol–water partition coefficient (Wildman–Crippen LogP) is 2.77. The van der Waals surface area contributed by atoms with Gasteiger partial charge in [-0.25, -0.2) is 0 Å². The summed E-state index contributed by atoms with van der Waals surface area (Å²) in [4.78, 5) is 11.1. The number of nitrogens with two attached hydrogens (primary N) is 1. The lowest BCUT2D eigenvalue weighted by molar-refractivity contribution is 0.100. The van der Waals surface area contributed by atoms with E-state index in [9.17, 15) is 9.90 Å². The summed E-state index contributed by atoms with van der Waals surface area (Å²) < 4.78 is 5.11. The van der Waals surface area contributed by atoms with Gasteiger partial charge in [-0.15, -0.1) is 0 Å². The third kappa shape index (κ3) is 3.58. The van der Waals surface area contributed by atoms with Gasteiger partial charge in [0.15, 0.2) is 0 Å². The quantitative estimate of drug-likeness (QED) is 0.793. The Labute approximate surface area is 127 Å². The number of anilines is 1. The number of carbonyl (C=O) groups excluding carboxylic acids is 1. The summed E-state index contributed by atoms with van der Waals surface area (Å²) in [5.74, 6) is 0.256. The zero-order valence-corrected chi connectivity index (χ0v) is 12.1. The van der Waals surface area contributed by atoms with Crippen molar-refractivity contribution in [2.24, 2.45) is 5.73 Å². The van der Waals surface area contributed by atoms with Crippen molar-refractivity contribution in [2.45, 2.75) is 6.54 Å². The fourth-order valence-corrected chi connectivity index (χ4v) is 2.13. The lowest BCUT2D eigenvalue weighted by Crippen LogP contribution is -2.11. The molecular weight excluding hydrogens is 292 g/mol. The van der Waals surface area contributed by atoms with Crippen LogP contribution in [0.1, 0.15) is 15.9 Å². The topological polar surface area (TPSA) is 84.6 Å². The Morgan fingerprint density at radius 1 is 1.33 bits per heavy atom. The summed E-state index contributed by atoms with van der Waals surface area (Å²) in [6.07, 6.45) is 0. The molecule has 2 rings (SSSR count). The number of hydrogen-bond acceptors (Lipinski definition) is 4. The van der Waals surface area contributed by atoms with Crippen molar-refractivity contribution in [3.8, 4) is 11.5 Å². The third-order valence-corrected chi connectivity index (χ3v) is 3.32. The number of primary amides is 1. The molecule has 0 bridgehead atoms. The molecule has 0 aliphatic heterocycles. The van der Waals surface area contributed by atoms with Crippen LogP contribution < -0.4 is 15.8 Å². The summed E-state index contributed by atoms with van der Waals surface area (Å²) in [5.41, 5.74) is 6.86. The van der Waals surface area contributed by atoms with Crippen molar-refractivity contribution in [1.29, 1.82) is 0 Å². The number of hydrogen-bond donors (Lipinski definition) is 3. The number of amides is 1. The van der Waals surface area contributed by atoms with E-state index in [1.165, 1.54) is 0 Å². The molecule has 6 heteroatoms. The van der Waals surface area contributed by atoms with Crippen LogP contribution in [-0.2, 0) is 6.54 Å². The molecule has 0 aliphatic rings. The maximum Gasteiger partial charge on any atom is 0.250 e. The molecule has 0 heterocycles. The molecular formula is C15H15ClN2O3. The highest BCUT2D eigenvalue weighted by Gasteiger charge is 2.08. The highest BCUT2D eigenvalue weighted by molar-refractivity contribution is 6.34. The summed E-state index contributed by atoms with van der Waals surface area (Å²) in [6.45, 7) is 0.384. The zero-order valence-electron chi connectivity index (χ0n) is 11.4. The standard InChI is InChI=1S/C15H15ClN2O3/c1-21-11-3-5-14(19)9(6-11)8-18-10-2-4-12(15(17)20)13(16)7-10/h2-7,18-19H,8H2,1H3,(H2,17,20). The van der Waals surface area contributed by atoms with Crippen LogP contribution in [0.2, 0.25) is 5.02 Å². The average Bonchev–Trinajstić information content (AvgIpc) is 2.46. The van der Waals surface area contributed by atoms with Gasteiger partial charge in [0.05, 0.1) is 17.7 Å². The number of aromatic hydroxyl groups is 1. The Bertz CT molecular complexity index is 674. The summed E-state index contributed by atoms with van der Waals surface area (Å²) >= 11 is 5.97. The fraction of sp³-hybridized carbons (Fsp3) is 0.133. The molecule has 0 fully saturated rings. The first kappa shape index (κ1) is 15.0. The van der Waals surface area contributed by atoms with Crippen LogP contribution in [0.5, 0.6) is 11.5 Å². The highest BCUT2D eigenvalue weighted by Crippen LogP contribution is 2.25. The minimum Gasteiger partial charge on any atom is -0.508 e. The van der Waals surface area contributed by atoms with Gasteiger partial charge in [-0.3, -0.25) is 4.79 Å². The third-order valence-electron chi connectivity index (χ3n) is 3.00. The van der Waals surface area contributed by atoms with Crippen molar-refractivity contribution in [3.63, 3.8) is 0 Å². The van der Waals surface area contributed by atoms with Crippen LogP contribution in [0.25, 0.3) is 0 Å². The van der Waals surface area contributed by atoms with Crippen LogP contribution >= 0.6 is 11.6 Å². The molecule has 2 aromatic carbocycles. The normalized spacial score (nSPS) is 10.2. The van der Waals surface area contributed by atoms with E-state index in [0.717, 1.165) is 0 Å². The van der Waals surface area contributed by atoms with Crippen LogP contribution in [0.15, 0.2) is 36.4 Å². The van der Waals surface area contributed by atoms with Gasteiger partial charge >= 0.3 is 0 Å². The van der Waals surface area contributed by atoms with E-state index in [0.29, 0.717) is 23.5 Å². The Morgan fingerprint density at radius 2 is 2.10 bits per heavy atom. The second-order valence-electron chi connectivity index (χ2n) is 4.41. The van der Waals surface area contributed by atoms with E-state index < -0.39 is 5.91 Å². The van der Waals surface area contributed by atoms with E-state index in [1.54, 1.807) is 43.5 Å². The largest absolute Gasteiger partial charge is 0.508 e. The molecule has 110 valence electrons. The summed E-state index contributed by atoms with van der Waals surface area (Å²) in [6, 6.07) is 9.85. The number of rotatable bonds is 5. The number of carbonyl (C=O) groups is 1. The van der Waals surface area contributed by atoms with Crippen molar-refractivity contribution in [2.75, 3.05) is 12.4 Å². The maximum atomic E-state index is 11.1. The van der Waals surface area contributed by atoms with Crippen molar-refractivity contribution >= 4 is 23.2 Å². The molecule has 0 saturated heterocycles. The zero-order chi connectivity index (χ0) is 15.4. The van der Waals surface area contributed by atoms with Crippen molar-refractivity contribution in [1.82, 2.24) is 0 Å². The molecule has 4 N–H and O–H groups in total. The van der Waals surface area contributed by atoms with Crippen molar-refractivity contribution < 1.29 is 14.6 Å². The fourth-order valence-electron chi connectivity index (χ4n) is 1.85. The van der Waals surface area contributed by atoms with E-state index in [2.05, 4.69) is 5.32 Å². The second-order valence-corrected chi connectivity index (χ2v) is 4.81. The minimum absolute atomic E-state index is 0.170. The number of halogens is 1. The lowest BCUT2D eigenvalue weighted by atomic mass is 10.1. The van der Waals surface area contributed by atoms with E-state index in [-0.39, 0.29) is 16.3 Å². The maximum absolute atomic E-state index is 11.1. The molecule has 0 aromatic heterocycles. The number of nitrogens with one attached hydrogen (secondary N) is 1. The van der Waals surface area contributed by atoms with Crippen molar-refractivity contribution in [3.05, 3.63) is 52.5 Å². The summed E-state index contributed by atoms with van der Waals surface area (Å²) in [7, 11) is 1.56. The number of ether oxygens (including phenoxy) is 1. The van der Waals surface area contributed by atoms with Gasteiger partial charge in [-0.05, 0) is 36.4 Å². The van der Waals surface area contributed by atoms with Crippen LogP contribution in [0.4, 0.5) is 5.69 Å². The van der Waals surface area contributed by atoms with Gasteiger partial charge < -0.3 is 20.9 Å². The molecule has 0 aliphatic carbocycles. The Balaban J connectivity index is 2.13. The SMILES string of the molecule is COc1ccc(O)c(CNc2ccc(C(N)=O)c(Cl)c2)c1. The van der Waals surface area contributed by atoms with Gasteiger partial charge in [0.1, 0.15) is 11.5 Å². The van der Waals surface area contributed by atoms with Gasteiger partial charge in [0.25, 0.3) is 0 Å². The number of benzene rings is 2. The lowest BCUT2D eigenvalue weighted by Gasteiger charge is -2.11. The Hall–Kier alpha value is -2.40. The molecule has 0 spiro atoms. The summed E-state index contributed by atoms with van der Waals surface area (Å²) in [5, 5.41) is 13.2. The highest BCUT2D eigenvalue weighted by atomic mass is 35.5. The monoisotopic (exact) mass is 306 g/mol. The molecule has 0 radical (unpaired) electrons. The van der Waals surface area contributed by atoms with Gasteiger partial charge in [-0.1, -0.05) is 11.6 Å². The molecule has 0 unspecified atom stereocenters. The van der Waals surface area contributed by atoms with Crippen LogP contribution in [0.3, 0.4) is 0 Å². The van der Waals surface area contributed by atoms with E-state index in [1.807, 2.05) is 0 Å². The molecule has 21 heavy (non-hydrogen) atoms. The van der Waals surface area contributed by atoms with Crippen LogP contribution in [-0.4, -0.2) is 18.1 Å². The molecule has 0 saturated carbocycles. The molecule has 1 amide bonds. The first-order chi connectivity index (χ1) is 10.0. The first-order valence-corrected chi connectivity index (χ1v) is 6.58. The van der Waals surface area contributed by atoms with Crippen LogP contribution in [0, 0.1) is 0 Å². The smallest absolute Gasteiger partial charge is 0.250 e. The minimum atomic E-state index is -0.572. The number of methoxy groups -OCH3 is 1. The Morgan fingerprint density at radius 3 is 2.71 bits per heavy atom. The van der Waals surface area contributed by atoms with Gasteiger partial charge in [0.2, 0.25) is 5.91 Å². The average molecular weight is 307 g/mol. The second kappa shape index (κ2) is 6.37. The van der Waals surface area contributed by atoms with Gasteiger partial charge in [-0.2, -0.15) is 0 Å². The van der Waals surface area contributed by atoms with E-state index >= 15 is 0 Å². The van der Waals surface area contributed by atoms with Gasteiger partial charge in [0, 0.05) is 17.8 Å². The molecule has 5 nitrogen and oxygen atoms in total. The first-order valence-electron chi connectivity index (χ1n) is 6.20. The molecule has 0 atom stereocenters. The predicted molar refractivity (Wildman–Crippen MR) is 82.0 cm³/mol. The number of phenolic OH excluding ortho intramolecular Hbond substituents is 1.